The molecule has 1 aromatic carbocycles. The molecule has 0 saturated heterocycles. The Labute approximate surface area is 113 Å². The van der Waals surface area contributed by atoms with Gasteiger partial charge in [0.1, 0.15) is 5.82 Å². The Morgan fingerprint density at radius 1 is 1.15 bits per heavy atom. The van der Waals surface area contributed by atoms with Crippen LogP contribution in [0.25, 0.3) is 0 Å². The highest BCUT2D eigenvalue weighted by molar-refractivity contribution is 5.38. The van der Waals surface area contributed by atoms with Gasteiger partial charge in [0.05, 0.1) is 11.6 Å². The van der Waals surface area contributed by atoms with Crippen molar-refractivity contribution in [1.29, 1.82) is 0 Å². The highest BCUT2D eigenvalue weighted by Gasteiger charge is 2.35. The molecule has 0 saturated carbocycles. The number of aromatic nitrogens is 1. The Morgan fingerprint density at radius 3 is 2.45 bits per heavy atom. The van der Waals surface area contributed by atoms with Crippen molar-refractivity contribution in [1.82, 2.24) is 4.98 Å². The second-order valence-corrected chi connectivity index (χ2v) is 4.46. The molecular weight excluding hydrogens is 272 g/mol. The number of benzene rings is 1. The van der Waals surface area contributed by atoms with Crippen LogP contribution < -0.4 is 5.73 Å². The van der Waals surface area contributed by atoms with Crippen molar-refractivity contribution in [2.45, 2.75) is 19.1 Å². The monoisotopic (exact) mass is 284 g/mol. The van der Waals surface area contributed by atoms with Crippen molar-refractivity contribution in [2.75, 3.05) is 0 Å². The van der Waals surface area contributed by atoms with Crippen LogP contribution in [0, 0.1) is 12.7 Å². The summed E-state index contributed by atoms with van der Waals surface area (Å²) in [5, 5.41) is 0. The fourth-order valence-corrected chi connectivity index (χ4v) is 1.96. The summed E-state index contributed by atoms with van der Waals surface area (Å²) in [5.41, 5.74) is 5.31. The highest BCUT2D eigenvalue weighted by Crippen LogP contribution is 2.35. The van der Waals surface area contributed by atoms with E-state index in [2.05, 4.69) is 4.98 Å². The van der Waals surface area contributed by atoms with E-state index in [1.807, 2.05) is 0 Å². The Kier molecular flexibility index (Phi) is 3.76. The van der Waals surface area contributed by atoms with Crippen molar-refractivity contribution >= 4 is 0 Å². The predicted octanol–water partition coefficient (Wildman–Crippen LogP) is 3.60. The molecule has 1 atom stereocenters. The van der Waals surface area contributed by atoms with Gasteiger partial charge in [0.25, 0.3) is 0 Å². The van der Waals surface area contributed by atoms with Gasteiger partial charge in [0.2, 0.25) is 0 Å². The van der Waals surface area contributed by atoms with Gasteiger partial charge in [0, 0.05) is 23.5 Å². The molecular formula is C14H12F4N2. The highest BCUT2D eigenvalue weighted by atomic mass is 19.4. The van der Waals surface area contributed by atoms with E-state index in [0.29, 0.717) is 5.56 Å². The molecule has 20 heavy (non-hydrogen) atoms. The summed E-state index contributed by atoms with van der Waals surface area (Å²) in [5.74, 6) is -0.630. The summed E-state index contributed by atoms with van der Waals surface area (Å²) in [6.45, 7) is 1.68. The SMILES string of the molecule is Cc1ccc(C(N)c2cnccc2C(F)(F)F)c(F)c1. The lowest BCUT2D eigenvalue weighted by Gasteiger charge is -2.18. The average molecular weight is 284 g/mol. The predicted molar refractivity (Wildman–Crippen MR) is 66.4 cm³/mol. The Balaban J connectivity index is 2.51. The molecule has 0 aliphatic rings. The molecule has 0 aliphatic carbocycles. The van der Waals surface area contributed by atoms with Crippen molar-refractivity contribution in [3.8, 4) is 0 Å². The van der Waals surface area contributed by atoms with E-state index < -0.39 is 23.6 Å². The van der Waals surface area contributed by atoms with Crippen molar-refractivity contribution < 1.29 is 17.6 Å². The summed E-state index contributed by atoms with van der Waals surface area (Å²) >= 11 is 0. The molecule has 0 radical (unpaired) electrons. The number of hydrogen-bond donors (Lipinski definition) is 1. The number of pyridine rings is 1. The lowest BCUT2D eigenvalue weighted by Crippen LogP contribution is -2.19. The first-order valence-corrected chi connectivity index (χ1v) is 5.83. The summed E-state index contributed by atoms with van der Waals surface area (Å²) in [4.78, 5) is 3.65. The smallest absolute Gasteiger partial charge is 0.320 e. The third-order valence-corrected chi connectivity index (χ3v) is 2.98. The third kappa shape index (κ3) is 2.80. The van der Waals surface area contributed by atoms with Gasteiger partial charge in [-0.05, 0) is 24.6 Å². The molecule has 0 bridgehead atoms. The maximum Gasteiger partial charge on any atom is 0.416 e. The van der Waals surface area contributed by atoms with Crippen LogP contribution in [0.15, 0.2) is 36.7 Å². The Hall–Kier alpha value is -1.95. The fourth-order valence-electron chi connectivity index (χ4n) is 1.96. The maximum absolute atomic E-state index is 13.8. The van der Waals surface area contributed by atoms with Crippen molar-refractivity contribution in [3.05, 3.63) is 64.7 Å². The second kappa shape index (κ2) is 5.20. The first-order chi connectivity index (χ1) is 9.30. The number of alkyl halides is 3. The van der Waals surface area contributed by atoms with Crippen LogP contribution in [-0.4, -0.2) is 4.98 Å². The third-order valence-electron chi connectivity index (χ3n) is 2.98. The molecule has 1 aromatic heterocycles. The van der Waals surface area contributed by atoms with Gasteiger partial charge in [-0.1, -0.05) is 12.1 Å². The minimum Gasteiger partial charge on any atom is -0.320 e. The molecule has 2 nitrogen and oxygen atoms in total. The first kappa shape index (κ1) is 14.5. The second-order valence-electron chi connectivity index (χ2n) is 4.46. The van der Waals surface area contributed by atoms with Crippen LogP contribution in [0.2, 0.25) is 0 Å². The number of nitrogens with two attached hydrogens (primary N) is 1. The fraction of sp³-hybridized carbons (Fsp3) is 0.214. The number of hydrogen-bond acceptors (Lipinski definition) is 2. The van der Waals surface area contributed by atoms with Crippen LogP contribution in [0.4, 0.5) is 17.6 Å². The molecule has 0 aliphatic heterocycles. The van der Waals surface area contributed by atoms with Gasteiger partial charge in [-0.2, -0.15) is 13.2 Å². The summed E-state index contributed by atoms with van der Waals surface area (Å²) in [6, 6.07) is 3.84. The van der Waals surface area contributed by atoms with Crippen LogP contribution in [0.3, 0.4) is 0 Å². The van der Waals surface area contributed by atoms with E-state index in [1.165, 1.54) is 12.1 Å². The maximum atomic E-state index is 13.8. The quantitative estimate of drug-likeness (QED) is 0.856. The van der Waals surface area contributed by atoms with E-state index >= 15 is 0 Å². The topological polar surface area (TPSA) is 38.9 Å². The van der Waals surface area contributed by atoms with Crippen LogP contribution in [0.1, 0.15) is 28.3 Å². The van der Waals surface area contributed by atoms with E-state index in [4.69, 9.17) is 5.73 Å². The van der Waals surface area contributed by atoms with Crippen molar-refractivity contribution in [3.63, 3.8) is 0 Å². The number of nitrogens with zero attached hydrogens (tertiary/aromatic N) is 1. The van der Waals surface area contributed by atoms with E-state index in [-0.39, 0.29) is 11.1 Å². The number of rotatable bonds is 2. The molecule has 2 N–H and O–H groups in total. The van der Waals surface area contributed by atoms with Gasteiger partial charge in [0.15, 0.2) is 0 Å². The lowest BCUT2D eigenvalue weighted by molar-refractivity contribution is -0.138. The summed E-state index contributed by atoms with van der Waals surface area (Å²) in [6.07, 6.45) is -2.51. The number of halogens is 4. The molecule has 2 rings (SSSR count). The summed E-state index contributed by atoms with van der Waals surface area (Å²) < 4.78 is 52.6. The molecule has 1 heterocycles. The van der Waals surface area contributed by atoms with E-state index in [9.17, 15) is 17.6 Å². The van der Waals surface area contributed by atoms with Gasteiger partial charge >= 0.3 is 6.18 Å². The molecule has 106 valence electrons. The Bertz CT molecular complexity index is 623. The zero-order valence-corrected chi connectivity index (χ0v) is 10.6. The van der Waals surface area contributed by atoms with Gasteiger partial charge in [-0.15, -0.1) is 0 Å². The van der Waals surface area contributed by atoms with E-state index in [0.717, 1.165) is 18.5 Å². The molecule has 0 fully saturated rings. The van der Waals surface area contributed by atoms with Crippen LogP contribution in [-0.2, 0) is 6.18 Å². The molecule has 0 amide bonds. The first-order valence-electron chi connectivity index (χ1n) is 5.83. The lowest BCUT2D eigenvalue weighted by atomic mass is 9.95. The average Bonchev–Trinajstić information content (AvgIpc) is 2.37. The normalized spacial score (nSPS) is 13.3. The van der Waals surface area contributed by atoms with Crippen LogP contribution >= 0.6 is 0 Å². The molecule has 6 heteroatoms. The molecule has 2 aromatic rings. The van der Waals surface area contributed by atoms with Crippen LogP contribution in [0.5, 0.6) is 0 Å². The summed E-state index contributed by atoms with van der Waals surface area (Å²) in [7, 11) is 0. The molecule has 1 unspecified atom stereocenters. The van der Waals surface area contributed by atoms with Gasteiger partial charge in [-0.3, -0.25) is 4.98 Å². The Morgan fingerprint density at radius 2 is 1.85 bits per heavy atom. The standard InChI is InChI=1S/C14H12F4N2/c1-8-2-3-9(12(15)6-8)13(19)10-7-20-5-4-11(10)14(16,17)18/h2-7,13H,19H2,1H3. The van der Waals surface area contributed by atoms with E-state index in [1.54, 1.807) is 13.0 Å². The zero-order valence-electron chi connectivity index (χ0n) is 10.6. The largest absolute Gasteiger partial charge is 0.416 e. The minimum atomic E-state index is -4.56. The minimum absolute atomic E-state index is 0.00843. The zero-order chi connectivity index (χ0) is 14.9. The van der Waals surface area contributed by atoms with Gasteiger partial charge in [-0.25, -0.2) is 4.39 Å². The van der Waals surface area contributed by atoms with Crippen molar-refractivity contribution in [2.24, 2.45) is 5.73 Å². The van der Waals surface area contributed by atoms with Gasteiger partial charge < -0.3 is 5.73 Å². The molecule has 0 spiro atoms. The number of aryl methyl sites for hydroxylation is 1.